The van der Waals surface area contributed by atoms with Crippen molar-refractivity contribution in [3.05, 3.63) is 96.1 Å². The molecule has 0 saturated heterocycles. The van der Waals surface area contributed by atoms with E-state index in [1.807, 2.05) is 72.8 Å². The van der Waals surface area contributed by atoms with Crippen LogP contribution in [0.2, 0.25) is 0 Å². The van der Waals surface area contributed by atoms with Gasteiger partial charge in [0.15, 0.2) is 6.29 Å². The van der Waals surface area contributed by atoms with Crippen LogP contribution in [0.25, 0.3) is 11.1 Å². The fraction of sp³-hybridized carbons (Fsp3) is 0.0500. The maximum absolute atomic E-state index is 10.8. The summed E-state index contributed by atoms with van der Waals surface area (Å²) < 4.78 is 8.17. The number of rotatable bonds is 2. The van der Waals surface area contributed by atoms with E-state index in [1.165, 1.54) is 14.7 Å². The van der Waals surface area contributed by atoms with E-state index in [-0.39, 0.29) is 0 Å². The first-order chi connectivity index (χ1) is 11.3. The Kier molecular flexibility index (Phi) is 8.88. The Labute approximate surface area is 139 Å². The van der Waals surface area contributed by atoms with Crippen LogP contribution in [0.15, 0.2) is 84.9 Å². The molecule has 0 saturated carbocycles. The first kappa shape index (κ1) is 18.5. The third-order valence-electron chi connectivity index (χ3n) is 3.11. The molecule has 116 valence electrons. The van der Waals surface area contributed by atoms with Crippen molar-refractivity contribution in [2.45, 2.75) is 6.92 Å². The van der Waals surface area contributed by atoms with E-state index >= 15 is 0 Å². The molecule has 0 N–H and O–H groups in total. The number of benzene rings is 3. The quantitative estimate of drug-likeness (QED) is 0.469. The standard InChI is InChI=1S/C13H10O.C7H8.H2OP/c14-10-12-8-4-5-9-13(12)11-6-2-1-3-7-11;1-7-5-3-2-4-6-7;1-2/h1-10H;2-6H,1H3;2H2/q;;+1. The zero-order valence-corrected chi connectivity index (χ0v) is 14.2. The Morgan fingerprint density at radius 3 is 1.65 bits per heavy atom. The first-order valence-electron chi connectivity index (χ1n) is 7.16. The predicted octanol–water partition coefficient (Wildman–Crippen LogP) is 5.37. The largest absolute Gasteiger partial charge is 0.310 e. The molecule has 3 aromatic carbocycles. The molecule has 0 heterocycles. The van der Waals surface area contributed by atoms with Crippen molar-refractivity contribution in [2.24, 2.45) is 0 Å². The number of aryl methyl sites for hydroxylation is 1. The molecular weight excluding hydrogens is 303 g/mol. The fourth-order valence-corrected chi connectivity index (χ4v) is 2.01. The normalized spacial score (nSPS) is 8.74. The van der Waals surface area contributed by atoms with Gasteiger partial charge in [0, 0.05) is 5.56 Å². The molecule has 0 radical (unpaired) electrons. The van der Waals surface area contributed by atoms with Gasteiger partial charge in [-0.15, -0.1) is 0 Å². The summed E-state index contributed by atoms with van der Waals surface area (Å²) in [6.45, 7) is 2.08. The summed E-state index contributed by atoms with van der Waals surface area (Å²) in [5.74, 6) is 0. The molecule has 0 aliphatic heterocycles. The third-order valence-corrected chi connectivity index (χ3v) is 3.11. The SMILES string of the molecule is Cc1ccccc1.O=Cc1ccccc1-c1ccccc1.O=[PH2+]. The minimum absolute atomic E-state index is 0.735. The average molecular weight is 323 g/mol. The molecule has 0 bridgehead atoms. The Balaban J connectivity index is 0.000000247. The molecule has 0 spiro atoms. The maximum Gasteiger partial charge on any atom is 0.310 e. The van der Waals surface area contributed by atoms with E-state index in [0.29, 0.717) is 0 Å². The molecule has 3 rings (SSSR count). The summed E-state index contributed by atoms with van der Waals surface area (Å²) in [4.78, 5) is 10.8. The number of carbonyl (C=O) groups excluding carboxylic acids is 1. The van der Waals surface area contributed by atoms with Crippen LogP contribution in [0.4, 0.5) is 0 Å². The van der Waals surface area contributed by atoms with E-state index in [4.69, 9.17) is 4.57 Å². The van der Waals surface area contributed by atoms with E-state index < -0.39 is 0 Å². The van der Waals surface area contributed by atoms with Crippen LogP contribution in [0.3, 0.4) is 0 Å². The van der Waals surface area contributed by atoms with Gasteiger partial charge in [0.05, 0.1) is 0 Å². The van der Waals surface area contributed by atoms with Crippen molar-refractivity contribution in [2.75, 3.05) is 0 Å². The van der Waals surface area contributed by atoms with Crippen molar-refractivity contribution in [3.63, 3.8) is 0 Å². The van der Waals surface area contributed by atoms with Gasteiger partial charge >= 0.3 is 9.12 Å². The van der Waals surface area contributed by atoms with Crippen molar-refractivity contribution < 1.29 is 9.36 Å². The lowest BCUT2D eigenvalue weighted by molar-refractivity contribution is 0.112. The lowest BCUT2D eigenvalue weighted by Gasteiger charge is -2.03. The second kappa shape index (κ2) is 11.1. The summed E-state index contributed by atoms with van der Waals surface area (Å²) in [7, 11) is 1.17. The molecule has 2 nitrogen and oxygen atoms in total. The Bertz CT molecular complexity index is 697. The zero-order valence-electron chi connectivity index (χ0n) is 13.1. The van der Waals surface area contributed by atoms with Gasteiger partial charge in [-0.1, -0.05) is 95.1 Å². The highest BCUT2D eigenvalue weighted by Gasteiger charge is 2.01. The monoisotopic (exact) mass is 323 g/mol. The summed E-state index contributed by atoms with van der Waals surface area (Å²) in [6.07, 6.45) is 0.891. The van der Waals surface area contributed by atoms with Gasteiger partial charge < -0.3 is 0 Å². The van der Waals surface area contributed by atoms with Gasteiger partial charge in [-0.25, -0.2) is 0 Å². The van der Waals surface area contributed by atoms with Gasteiger partial charge in [0.2, 0.25) is 0 Å². The van der Waals surface area contributed by atoms with Gasteiger partial charge in [0.1, 0.15) is 0 Å². The summed E-state index contributed by atoms with van der Waals surface area (Å²) in [6, 6.07) is 27.8. The van der Waals surface area contributed by atoms with Gasteiger partial charge in [0.25, 0.3) is 0 Å². The highest BCUT2D eigenvalue weighted by molar-refractivity contribution is 7.00. The maximum atomic E-state index is 10.8. The Hall–Kier alpha value is -2.57. The Morgan fingerprint density at radius 1 is 0.696 bits per heavy atom. The van der Waals surface area contributed by atoms with Crippen LogP contribution in [0, 0.1) is 6.92 Å². The summed E-state index contributed by atoms with van der Waals surface area (Å²) in [5.41, 5.74) is 4.12. The van der Waals surface area contributed by atoms with Crippen LogP contribution in [0.5, 0.6) is 0 Å². The van der Waals surface area contributed by atoms with E-state index in [2.05, 4.69) is 19.1 Å². The number of hydrogen-bond donors (Lipinski definition) is 0. The molecule has 1 unspecified atom stereocenters. The minimum atomic E-state index is 0.735. The highest BCUT2D eigenvalue weighted by Crippen LogP contribution is 2.21. The molecule has 0 amide bonds. The van der Waals surface area contributed by atoms with Crippen LogP contribution >= 0.6 is 9.12 Å². The molecule has 3 aromatic rings. The Morgan fingerprint density at radius 2 is 1.17 bits per heavy atom. The molecule has 23 heavy (non-hydrogen) atoms. The van der Waals surface area contributed by atoms with Gasteiger partial charge in [-0.05, 0) is 18.1 Å². The third kappa shape index (κ3) is 6.37. The smallest absolute Gasteiger partial charge is 0.298 e. The van der Waals surface area contributed by atoms with Crippen LogP contribution in [0.1, 0.15) is 15.9 Å². The molecule has 3 heteroatoms. The number of carbonyl (C=O) groups is 1. The van der Waals surface area contributed by atoms with Crippen molar-refractivity contribution >= 4 is 15.4 Å². The lowest BCUT2D eigenvalue weighted by Crippen LogP contribution is -1.85. The minimum Gasteiger partial charge on any atom is -0.298 e. The predicted molar refractivity (Wildman–Crippen MR) is 98.8 cm³/mol. The topological polar surface area (TPSA) is 34.1 Å². The van der Waals surface area contributed by atoms with E-state index in [1.54, 1.807) is 0 Å². The molecule has 0 aliphatic carbocycles. The van der Waals surface area contributed by atoms with Gasteiger partial charge in [-0.3, -0.25) is 4.79 Å². The molecule has 0 aromatic heterocycles. The van der Waals surface area contributed by atoms with Crippen molar-refractivity contribution in [1.82, 2.24) is 0 Å². The van der Waals surface area contributed by atoms with Crippen molar-refractivity contribution in [1.29, 1.82) is 0 Å². The van der Waals surface area contributed by atoms with Crippen LogP contribution in [-0.2, 0) is 4.57 Å². The number of aldehydes is 1. The molecule has 0 fully saturated rings. The summed E-state index contributed by atoms with van der Waals surface area (Å²) >= 11 is 0. The molecule has 0 aliphatic rings. The van der Waals surface area contributed by atoms with E-state index in [0.717, 1.165) is 23.0 Å². The zero-order chi connectivity index (χ0) is 16.9. The van der Waals surface area contributed by atoms with Crippen LogP contribution < -0.4 is 0 Å². The van der Waals surface area contributed by atoms with E-state index in [9.17, 15) is 4.79 Å². The summed E-state index contributed by atoms with van der Waals surface area (Å²) in [5, 5.41) is 0. The van der Waals surface area contributed by atoms with Crippen molar-refractivity contribution in [3.8, 4) is 11.1 Å². The fourth-order valence-electron chi connectivity index (χ4n) is 2.01. The average Bonchev–Trinajstić information content (AvgIpc) is 2.65. The lowest BCUT2D eigenvalue weighted by atomic mass is 10.0. The number of hydrogen-bond acceptors (Lipinski definition) is 2. The highest BCUT2D eigenvalue weighted by atomic mass is 31.0. The second-order valence-corrected chi connectivity index (χ2v) is 4.73. The van der Waals surface area contributed by atoms with Gasteiger partial charge in [-0.2, -0.15) is 0 Å². The molecule has 1 atom stereocenters. The molecular formula is C20H20O2P+. The van der Waals surface area contributed by atoms with Crippen LogP contribution in [-0.4, -0.2) is 6.29 Å². The first-order valence-corrected chi connectivity index (χ1v) is 7.63. The second-order valence-electron chi connectivity index (χ2n) is 4.73.